The van der Waals surface area contributed by atoms with Gasteiger partial charge >= 0.3 is 0 Å². The molecule has 0 nitrogen and oxygen atoms in total. The lowest BCUT2D eigenvalue weighted by molar-refractivity contribution is 0.170. The summed E-state index contributed by atoms with van der Waals surface area (Å²) in [4.78, 5) is 0. The second-order valence-corrected chi connectivity index (χ2v) is 53.3. The molecule has 20 bridgehead atoms. The number of rotatable bonds is 8. The first-order valence-electron chi connectivity index (χ1n) is 55.8. The predicted molar refractivity (Wildman–Crippen MR) is 498 cm³/mol. The van der Waals surface area contributed by atoms with E-state index in [0.717, 1.165) is 284 Å². The van der Waals surface area contributed by atoms with Gasteiger partial charge in [-0.15, -0.1) is 0 Å². The van der Waals surface area contributed by atoms with E-state index in [1.165, 1.54) is 101 Å². The molecule has 26 rings (SSSR count). The molecule has 0 aromatic heterocycles. The molecule has 0 amide bonds. The fraction of sp³-hybridized carbons (Fsp3) is 1.00. The summed E-state index contributed by atoms with van der Waals surface area (Å²) in [6, 6.07) is 0. The van der Waals surface area contributed by atoms with Crippen molar-refractivity contribution < 1.29 is 0 Å². The fourth-order valence-electron chi connectivity index (χ4n) is 42.5. The normalized spacial score (nSPS) is 57.2. The highest BCUT2D eigenvalue weighted by atomic mass is 14.7. The summed E-state index contributed by atoms with van der Waals surface area (Å²) in [6.45, 7) is 49.0. The van der Waals surface area contributed by atoms with Crippen molar-refractivity contribution in [2.24, 2.45) is 308 Å². The molecule has 0 heterocycles. The third-order valence-corrected chi connectivity index (χ3v) is 46.7. The molecule has 0 aliphatic heterocycles. The van der Waals surface area contributed by atoms with Crippen LogP contribution in [0, 0.1) is 308 Å². The Labute approximate surface area is 724 Å². The number of hydrogen-bond acceptors (Lipinski definition) is 0. The van der Waals surface area contributed by atoms with Gasteiger partial charge in [0.15, 0.2) is 0 Å². The van der Waals surface area contributed by atoms with Crippen LogP contribution in [0.4, 0.5) is 0 Å². The molecule has 0 spiro atoms. The van der Waals surface area contributed by atoms with Crippen molar-refractivity contribution in [1.82, 2.24) is 0 Å². The monoisotopic (exact) mass is 1590 g/mol. The summed E-state index contributed by atoms with van der Waals surface area (Å²) in [6.07, 6.45) is 68.1. The van der Waals surface area contributed by atoms with Gasteiger partial charge in [0.05, 0.1) is 0 Å². The van der Waals surface area contributed by atoms with Crippen molar-refractivity contribution in [3.05, 3.63) is 0 Å². The van der Waals surface area contributed by atoms with Crippen LogP contribution >= 0.6 is 0 Å². The molecule has 26 fully saturated rings. The van der Waals surface area contributed by atoms with E-state index in [9.17, 15) is 0 Å². The summed E-state index contributed by atoms with van der Waals surface area (Å²) in [5.41, 5.74) is 0. The standard InChI is InChI=1S/6C12H20.4C11H20/c2*1-7-3-11-9-5-8(2)10(6-9)12(11)4-7;2*1-7-3-4-10-11-6-9(12(7)10)5-8(11)2;2*1-7-3-4-10-9-5-8(2)11(6-9)12(7)10;2*1-3-4-10-6-9-5-8(2)11(10)7-9;2*1-3-4-9-6-10-7-11(9)5-8(10)2/h6*7-12H,3-6H2,1-2H3;4*8-11H,3-7H2,1-2H3. The Bertz CT molecular complexity index is 2830. The van der Waals surface area contributed by atoms with Gasteiger partial charge in [0.25, 0.3) is 0 Å². The third kappa shape index (κ3) is 17.5. The molecule has 0 aromatic carbocycles. The van der Waals surface area contributed by atoms with Gasteiger partial charge in [-0.1, -0.05) is 216 Å². The fourth-order valence-corrected chi connectivity index (χ4v) is 42.5. The van der Waals surface area contributed by atoms with E-state index in [1.54, 1.807) is 205 Å². The van der Waals surface area contributed by atoms with Crippen LogP contribution in [0.2, 0.25) is 0 Å². The highest BCUT2D eigenvalue weighted by molar-refractivity contribution is 5.10. The largest absolute Gasteiger partial charge is 0.0654 e. The van der Waals surface area contributed by atoms with Gasteiger partial charge < -0.3 is 0 Å². The van der Waals surface area contributed by atoms with Gasteiger partial charge in [0.2, 0.25) is 0 Å². The van der Waals surface area contributed by atoms with Crippen LogP contribution in [0.3, 0.4) is 0 Å². The molecule has 0 saturated heterocycles. The zero-order valence-electron chi connectivity index (χ0n) is 81.1. The molecular weight excluding hydrogens is 1390 g/mol. The summed E-state index contributed by atoms with van der Waals surface area (Å²) in [7, 11) is 0. The molecule has 0 radical (unpaired) electrons. The van der Waals surface area contributed by atoms with E-state index >= 15 is 0 Å². The molecule has 116 heavy (non-hydrogen) atoms. The quantitative estimate of drug-likeness (QED) is 0.227. The highest BCUT2D eigenvalue weighted by Crippen LogP contribution is 2.69. The second-order valence-electron chi connectivity index (χ2n) is 53.3. The zero-order valence-corrected chi connectivity index (χ0v) is 81.1. The molecule has 0 aromatic rings. The van der Waals surface area contributed by atoms with E-state index in [-0.39, 0.29) is 0 Å². The lowest BCUT2D eigenvalue weighted by Gasteiger charge is -2.31. The molecule has 664 valence electrons. The maximum Gasteiger partial charge on any atom is -0.0326 e. The average Bonchev–Trinajstić information content (AvgIpc) is 1.71. The van der Waals surface area contributed by atoms with Gasteiger partial charge in [0, 0.05) is 0 Å². The van der Waals surface area contributed by atoms with Crippen LogP contribution in [-0.2, 0) is 0 Å². The van der Waals surface area contributed by atoms with Gasteiger partial charge in [-0.25, -0.2) is 0 Å². The van der Waals surface area contributed by atoms with Crippen molar-refractivity contribution in [1.29, 1.82) is 0 Å². The summed E-state index contributed by atoms with van der Waals surface area (Å²) >= 11 is 0. The molecule has 26 aliphatic rings. The third-order valence-electron chi connectivity index (χ3n) is 46.7. The molecule has 52 atom stereocenters. The SMILES string of the molecule is CC1CC2C3CC(C)C(C3)C2C1.CC1CC2C3CC(C)C(C3)C2C1.CC1CC2CC1C1C(C)CCC21.CC1CC2CC1C1C(C)CCC21.CC1CC2CC1C1CCC(C)C21.CC1CC2CC1C1CCC(C)C21.CCCC1CC2CC(C)C1C2.CCCC1CC2CC(C)C1C2.CCCC1CC2CC1CC2C.CCCC1CC2CC1CC2C. The van der Waals surface area contributed by atoms with Crippen molar-refractivity contribution >= 4 is 0 Å². The summed E-state index contributed by atoms with van der Waals surface area (Å²) in [5.74, 6) is 58.2. The van der Waals surface area contributed by atoms with Gasteiger partial charge in [-0.2, -0.15) is 0 Å². The van der Waals surface area contributed by atoms with E-state index in [4.69, 9.17) is 0 Å². The van der Waals surface area contributed by atoms with Gasteiger partial charge in [-0.3, -0.25) is 0 Å². The first-order valence-corrected chi connectivity index (χ1v) is 55.8. The molecule has 26 saturated carbocycles. The number of hydrogen-bond donors (Lipinski definition) is 0. The Hall–Kier alpha value is 0. The van der Waals surface area contributed by atoms with E-state index in [1.807, 2.05) is 0 Å². The van der Waals surface area contributed by atoms with Crippen LogP contribution in [0.15, 0.2) is 0 Å². The molecule has 0 N–H and O–H groups in total. The van der Waals surface area contributed by atoms with E-state index in [2.05, 4.69) is 138 Å². The minimum Gasteiger partial charge on any atom is -0.0654 e. The van der Waals surface area contributed by atoms with Crippen molar-refractivity contribution in [3.63, 3.8) is 0 Å². The van der Waals surface area contributed by atoms with Crippen LogP contribution < -0.4 is 0 Å². The second kappa shape index (κ2) is 37.4. The van der Waals surface area contributed by atoms with Gasteiger partial charge in [0.1, 0.15) is 0 Å². The number of fused-ring (bicyclic) bond motifs is 38. The maximum atomic E-state index is 2.50. The molecule has 0 heteroatoms. The zero-order chi connectivity index (χ0) is 81.1. The Morgan fingerprint density at radius 2 is 0.422 bits per heavy atom. The molecule has 52 unspecified atom stereocenters. The minimum absolute atomic E-state index is 1.05. The average molecular weight is 1590 g/mol. The van der Waals surface area contributed by atoms with Crippen LogP contribution in [0.1, 0.15) is 421 Å². The highest BCUT2D eigenvalue weighted by Gasteiger charge is 2.61. The Balaban J connectivity index is 0.0000000928. The van der Waals surface area contributed by atoms with Crippen LogP contribution in [0.25, 0.3) is 0 Å². The Morgan fingerprint density at radius 3 is 0.750 bits per heavy atom. The van der Waals surface area contributed by atoms with Crippen LogP contribution in [0.5, 0.6) is 0 Å². The predicted octanol–water partition coefficient (Wildman–Crippen LogP) is 33.8. The van der Waals surface area contributed by atoms with Gasteiger partial charge in [-0.05, 0) is 513 Å². The van der Waals surface area contributed by atoms with Crippen LogP contribution in [-0.4, -0.2) is 0 Å². The van der Waals surface area contributed by atoms with E-state index < -0.39 is 0 Å². The Morgan fingerprint density at radius 1 is 0.147 bits per heavy atom. The lowest BCUT2D eigenvalue weighted by atomic mass is 9.74. The van der Waals surface area contributed by atoms with Crippen molar-refractivity contribution in [2.45, 2.75) is 421 Å². The van der Waals surface area contributed by atoms with E-state index in [0.29, 0.717) is 0 Å². The van der Waals surface area contributed by atoms with Crippen molar-refractivity contribution in [2.75, 3.05) is 0 Å². The topological polar surface area (TPSA) is 0 Å². The molecule has 26 aliphatic carbocycles. The van der Waals surface area contributed by atoms with Crippen molar-refractivity contribution in [3.8, 4) is 0 Å². The molecular formula is C116H200. The summed E-state index contributed by atoms with van der Waals surface area (Å²) < 4.78 is 0. The maximum absolute atomic E-state index is 2.50. The first kappa shape index (κ1) is 88.0. The minimum atomic E-state index is 1.05. The Kier molecular flexibility index (Phi) is 28.4. The smallest absolute Gasteiger partial charge is 0.0326 e. The first-order chi connectivity index (χ1) is 55.8. The summed E-state index contributed by atoms with van der Waals surface area (Å²) in [5, 5.41) is 0. The lowest BCUT2D eigenvalue weighted by Crippen LogP contribution is -2.25.